The van der Waals surface area contributed by atoms with Crippen LogP contribution >= 0.6 is 58.2 Å². The fourth-order valence-corrected chi connectivity index (χ4v) is 4.45. The van der Waals surface area contributed by atoms with Crippen LogP contribution in [0.1, 0.15) is 24.5 Å². The summed E-state index contributed by atoms with van der Waals surface area (Å²) in [5, 5.41) is 1.19. The lowest BCUT2D eigenvalue weighted by Gasteiger charge is -2.12. The monoisotopic (exact) mass is 489 g/mol. The molecule has 0 atom stereocenters. The number of halogens is 4. The Morgan fingerprint density at radius 3 is 2.31 bits per heavy atom. The highest BCUT2D eigenvalue weighted by Gasteiger charge is 2.34. The predicted molar refractivity (Wildman–Crippen MR) is 120 cm³/mol. The third kappa shape index (κ3) is 5.22. The van der Waals surface area contributed by atoms with Crippen LogP contribution in [-0.2, 0) is 11.4 Å². The Morgan fingerprint density at radius 2 is 1.69 bits per heavy atom. The maximum atomic E-state index is 12.4. The average molecular weight is 491 g/mol. The third-order valence-electron chi connectivity index (χ3n) is 4.01. The van der Waals surface area contributed by atoms with Gasteiger partial charge in [0, 0.05) is 6.54 Å². The standard InChI is InChI=1S/C20H15Cl4NO3S/c1-2-5-25-19(26)17(29-20(25)27)9-12-7-15(23)18(16(24)8-12)28-10-11-3-4-13(21)14(22)6-11/h3-4,6-9H,2,5,10H2,1H3/b17-9+. The Morgan fingerprint density at radius 1 is 1.00 bits per heavy atom. The molecule has 2 aromatic carbocycles. The molecule has 1 fully saturated rings. The molecule has 0 spiro atoms. The summed E-state index contributed by atoms with van der Waals surface area (Å²) in [6.07, 6.45) is 2.30. The molecule has 1 heterocycles. The molecule has 0 aliphatic carbocycles. The first-order valence-electron chi connectivity index (χ1n) is 8.61. The summed E-state index contributed by atoms with van der Waals surface area (Å²) in [6.45, 7) is 2.50. The Hall–Kier alpha value is -1.37. The summed E-state index contributed by atoms with van der Waals surface area (Å²) in [7, 11) is 0. The van der Waals surface area contributed by atoms with Crippen molar-refractivity contribution in [2.75, 3.05) is 6.54 Å². The number of benzene rings is 2. The average Bonchev–Trinajstić information content (AvgIpc) is 2.91. The summed E-state index contributed by atoms with van der Waals surface area (Å²) in [5.41, 5.74) is 1.41. The number of thioether (sulfide) groups is 1. The second kappa shape index (κ2) is 9.63. The summed E-state index contributed by atoms with van der Waals surface area (Å²) in [5.74, 6) is 0.00433. The van der Waals surface area contributed by atoms with Gasteiger partial charge < -0.3 is 4.74 Å². The van der Waals surface area contributed by atoms with E-state index in [1.807, 2.05) is 6.92 Å². The minimum atomic E-state index is -0.311. The van der Waals surface area contributed by atoms with Crippen molar-refractivity contribution in [2.45, 2.75) is 20.0 Å². The van der Waals surface area contributed by atoms with Crippen LogP contribution in [0.4, 0.5) is 4.79 Å². The number of hydrogen-bond donors (Lipinski definition) is 0. The first-order chi connectivity index (χ1) is 13.8. The molecular formula is C20H15Cl4NO3S. The molecule has 2 aromatic rings. The number of imide groups is 1. The van der Waals surface area contributed by atoms with Crippen LogP contribution in [0.25, 0.3) is 6.08 Å². The van der Waals surface area contributed by atoms with Gasteiger partial charge in [-0.3, -0.25) is 14.5 Å². The van der Waals surface area contributed by atoms with E-state index >= 15 is 0 Å². The fraction of sp³-hybridized carbons (Fsp3) is 0.200. The van der Waals surface area contributed by atoms with Gasteiger partial charge in [0.1, 0.15) is 6.61 Å². The molecule has 0 radical (unpaired) electrons. The molecule has 3 rings (SSSR count). The summed E-state index contributed by atoms with van der Waals surface area (Å²) < 4.78 is 5.74. The maximum Gasteiger partial charge on any atom is 0.293 e. The molecule has 1 aliphatic heterocycles. The molecule has 9 heteroatoms. The molecule has 4 nitrogen and oxygen atoms in total. The Labute approximate surface area is 192 Å². The summed E-state index contributed by atoms with van der Waals surface area (Å²) in [6, 6.07) is 8.43. The minimum absolute atomic E-state index is 0.200. The molecule has 0 aromatic heterocycles. The molecule has 152 valence electrons. The highest BCUT2D eigenvalue weighted by atomic mass is 35.5. The van der Waals surface area contributed by atoms with Gasteiger partial charge in [-0.2, -0.15) is 0 Å². The number of carbonyl (C=O) groups excluding carboxylic acids is 2. The Balaban J connectivity index is 1.78. The van der Waals surface area contributed by atoms with E-state index in [2.05, 4.69) is 0 Å². The van der Waals surface area contributed by atoms with Crippen LogP contribution in [0, 0.1) is 0 Å². The molecule has 0 saturated carbocycles. The Bertz CT molecular complexity index is 986. The van der Waals surface area contributed by atoms with Gasteiger partial charge in [-0.15, -0.1) is 0 Å². The number of nitrogens with zero attached hydrogens (tertiary/aromatic N) is 1. The topological polar surface area (TPSA) is 46.6 Å². The summed E-state index contributed by atoms with van der Waals surface area (Å²) >= 11 is 25.5. The first-order valence-corrected chi connectivity index (χ1v) is 10.9. The van der Waals surface area contributed by atoms with Gasteiger partial charge in [-0.25, -0.2) is 0 Å². The van der Waals surface area contributed by atoms with Crippen molar-refractivity contribution in [3.8, 4) is 5.75 Å². The van der Waals surface area contributed by atoms with Crippen molar-refractivity contribution in [3.63, 3.8) is 0 Å². The second-order valence-corrected chi connectivity index (χ2v) is 8.81. The van der Waals surface area contributed by atoms with Crippen LogP contribution in [0.15, 0.2) is 35.2 Å². The van der Waals surface area contributed by atoms with Gasteiger partial charge >= 0.3 is 0 Å². The summed E-state index contributed by atoms with van der Waals surface area (Å²) in [4.78, 5) is 25.9. The SMILES string of the molecule is CCCN1C(=O)S/C(=C/c2cc(Cl)c(OCc3ccc(Cl)c(Cl)c3)c(Cl)c2)C1=O. The predicted octanol–water partition coefficient (Wildman–Crippen LogP) is 7.33. The van der Waals surface area contributed by atoms with Crippen LogP contribution < -0.4 is 4.74 Å². The number of amides is 2. The van der Waals surface area contributed by atoms with Gasteiger partial charge in [-0.05, 0) is 59.7 Å². The number of carbonyl (C=O) groups is 2. The van der Waals surface area contributed by atoms with Gasteiger partial charge in [0.05, 0.1) is 25.0 Å². The Kier molecular flexibility index (Phi) is 7.41. The van der Waals surface area contributed by atoms with Crippen molar-refractivity contribution in [1.82, 2.24) is 4.90 Å². The maximum absolute atomic E-state index is 12.4. The quantitative estimate of drug-likeness (QED) is 0.397. The molecule has 0 unspecified atom stereocenters. The molecule has 1 saturated heterocycles. The van der Waals surface area contributed by atoms with Crippen LogP contribution in [-0.4, -0.2) is 22.6 Å². The van der Waals surface area contributed by atoms with E-state index in [0.29, 0.717) is 39.2 Å². The molecule has 1 aliphatic rings. The minimum Gasteiger partial charge on any atom is -0.486 e. The van der Waals surface area contributed by atoms with Gasteiger partial charge in [0.2, 0.25) is 0 Å². The highest BCUT2D eigenvalue weighted by molar-refractivity contribution is 8.18. The van der Waals surface area contributed by atoms with Gasteiger partial charge in [0.15, 0.2) is 5.75 Å². The van der Waals surface area contributed by atoms with Crippen LogP contribution in [0.3, 0.4) is 0 Å². The van der Waals surface area contributed by atoms with E-state index in [-0.39, 0.29) is 27.8 Å². The van der Waals surface area contributed by atoms with E-state index in [1.54, 1.807) is 36.4 Å². The largest absolute Gasteiger partial charge is 0.486 e. The zero-order valence-corrected chi connectivity index (χ0v) is 19.0. The lowest BCUT2D eigenvalue weighted by molar-refractivity contribution is -0.122. The number of rotatable bonds is 6. The highest BCUT2D eigenvalue weighted by Crippen LogP contribution is 2.38. The van der Waals surface area contributed by atoms with Crippen molar-refractivity contribution >= 4 is 75.4 Å². The normalized spacial score (nSPS) is 15.5. The van der Waals surface area contributed by atoms with E-state index in [4.69, 9.17) is 51.1 Å². The third-order valence-corrected chi connectivity index (χ3v) is 6.21. The molecule has 0 bridgehead atoms. The smallest absolute Gasteiger partial charge is 0.293 e. The number of ether oxygens (including phenoxy) is 1. The van der Waals surface area contributed by atoms with Gasteiger partial charge in [0.25, 0.3) is 11.1 Å². The molecule has 29 heavy (non-hydrogen) atoms. The zero-order chi connectivity index (χ0) is 21.1. The molecular weight excluding hydrogens is 476 g/mol. The molecule has 0 N–H and O–H groups in total. The lowest BCUT2D eigenvalue weighted by Crippen LogP contribution is -2.28. The second-order valence-electron chi connectivity index (χ2n) is 6.18. The van der Waals surface area contributed by atoms with Crippen molar-refractivity contribution < 1.29 is 14.3 Å². The van der Waals surface area contributed by atoms with Crippen molar-refractivity contribution in [1.29, 1.82) is 0 Å². The van der Waals surface area contributed by atoms with E-state index in [9.17, 15) is 9.59 Å². The van der Waals surface area contributed by atoms with Crippen molar-refractivity contribution in [3.05, 3.63) is 66.5 Å². The lowest BCUT2D eigenvalue weighted by atomic mass is 10.2. The van der Waals surface area contributed by atoms with E-state index < -0.39 is 0 Å². The van der Waals surface area contributed by atoms with Crippen LogP contribution in [0.5, 0.6) is 5.75 Å². The zero-order valence-electron chi connectivity index (χ0n) is 15.2. The van der Waals surface area contributed by atoms with E-state index in [0.717, 1.165) is 17.3 Å². The molecule has 2 amide bonds. The van der Waals surface area contributed by atoms with E-state index in [1.165, 1.54) is 4.90 Å². The van der Waals surface area contributed by atoms with Crippen LogP contribution in [0.2, 0.25) is 20.1 Å². The van der Waals surface area contributed by atoms with Crippen molar-refractivity contribution in [2.24, 2.45) is 0 Å². The van der Waals surface area contributed by atoms with Gasteiger partial charge in [-0.1, -0.05) is 59.4 Å². The fourth-order valence-electron chi connectivity index (χ4n) is 2.65. The first kappa shape index (κ1) is 22.3. The number of hydrogen-bond acceptors (Lipinski definition) is 4.